The standard InChI is InChI=1S/C12H18N4O3/c1-8-9(4-3-7-13-8)14-12-10(16(17)18)5-6-11(15-12)19-2/h5-6,8-9,13H,3-4,7H2,1-2H3,(H,14,15). The third-order valence-electron chi connectivity index (χ3n) is 3.34. The zero-order chi connectivity index (χ0) is 13.8. The fourth-order valence-electron chi connectivity index (χ4n) is 2.22. The second-order valence-electron chi connectivity index (χ2n) is 4.61. The maximum absolute atomic E-state index is 11.0. The minimum absolute atomic E-state index is 0.0291. The van der Waals surface area contributed by atoms with Gasteiger partial charge < -0.3 is 15.4 Å². The highest BCUT2D eigenvalue weighted by Crippen LogP contribution is 2.27. The minimum Gasteiger partial charge on any atom is -0.481 e. The van der Waals surface area contributed by atoms with Crippen LogP contribution < -0.4 is 15.4 Å². The number of aromatic nitrogens is 1. The molecule has 2 rings (SSSR count). The average molecular weight is 266 g/mol. The molecule has 2 heterocycles. The smallest absolute Gasteiger partial charge is 0.311 e. The highest BCUT2D eigenvalue weighted by atomic mass is 16.6. The van der Waals surface area contributed by atoms with Gasteiger partial charge in [0, 0.05) is 24.2 Å². The van der Waals surface area contributed by atoms with Crippen molar-refractivity contribution in [3.05, 3.63) is 22.2 Å². The molecule has 0 radical (unpaired) electrons. The average Bonchev–Trinajstić information content (AvgIpc) is 2.41. The van der Waals surface area contributed by atoms with E-state index >= 15 is 0 Å². The molecule has 0 spiro atoms. The Labute approximate surface area is 111 Å². The number of ether oxygens (including phenoxy) is 1. The van der Waals surface area contributed by atoms with Crippen LogP contribution >= 0.6 is 0 Å². The molecule has 1 aliphatic heterocycles. The number of pyridine rings is 1. The molecule has 2 unspecified atom stereocenters. The number of hydrogen-bond donors (Lipinski definition) is 2. The Hall–Kier alpha value is -1.89. The van der Waals surface area contributed by atoms with Gasteiger partial charge in [-0.1, -0.05) is 0 Å². The lowest BCUT2D eigenvalue weighted by Crippen LogP contribution is -2.46. The third kappa shape index (κ3) is 3.11. The van der Waals surface area contributed by atoms with E-state index in [0.29, 0.717) is 5.88 Å². The van der Waals surface area contributed by atoms with E-state index in [0.717, 1.165) is 19.4 Å². The molecular formula is C12H18N4O3. The summed E-state index contributed by atoms with van der Waals surface area (Å²) in [7, 11) is 1.49. The van der Waals surface area contributed by atoms with E-state index in [1.165, 1.54) is 19.2 Å². The van der Waals surface area contributed by atoms with Crippen molar-refractivity contribution in [3.8, 4) is 5.88 Å². The molecule has 0 aliphatic carbocycles. The molecule has 1 aromatic rings. The molecule has 0 bridgehead atoms. The predicted octanol–water partition coefficient (Wildman–Crippen LogP) is 1.55. The van der Waals surface area contributed by atoms with Crippen LogP contribution in [0.4, 0.5) is 11.5 Å². The Balaban J connectivity index is 2.23. The van der Waals surface area contributed by atoms with Crippen molar-refractivity contribution >= 4 is 11.5 Å². The molecule has 1 aromatic heterocycles. The van der Waals surface area contributed by atoms with Gasteiger partial charge in [-0.25, -0.2) is 0 Å². The largest absolute Gasteiger partial charge is 0.481 e. The van der Waals surface area contributed by atoms with Gasteiger partial charge >= 0.3 is 5.69 Å². The summed E-state index contributed by atoms with van der Waals surface area (Å²) in [6, 6.07) is 3.29. The van der Waals surface area contributed by atoms with Crippen molar-refractivity contribution < 1.29 is 9.66 Å². The molecule has 2 N–H and O–H groups in total. The molecule has 0 aromatic carbocycles. The van der Waals surface area contributed by atoms with Gasteiger partial charge in [-0.3, -0.25) is 10.1 Å². The molecule has 2 atom stereocenters. The SMILES string of the molecule is COc1ccc([N+](=O)[O-])c(NC2CCCNC2C)n1. The van der Waals surface area contributed by atoms with E-state index in [2.05, 4.69) is 22.5 Å². The fourth-order valence-corrected chi connectivity index (χ4v) is 2.22. The van der Waals surface area contributed by atoms with Crippen molar-refractivity contribution in [1.29, 1.82) is 0 Å². The van der Waals surface area contributed by atoms with Gasteiger partial charge in [0.25, 0.3) is 0 Å². The lowest BCUT2D eigenvalue weighted by Gasteiger charge is -2.30. The zero-order valence-electron chi connectivity index (χ0n) is 11.0. The summed E-state index contributed by atoms with van der Waals surface area (Å²) < 4.78 is 5.02. The van der Waals surface area contributed by atoms with Crippen LogP contribution in [-0.4, -0.2) is 35.6 Å². The first-order valence-corrected chi connectivity index (χ1v) is 6.31. The molecular weight excluding hydrogens is 248 g/mol. The maximum Gasteiger partial charge on any atom is 0.311 e. The number of piperidine rings is 1. The number of hydrogen-bond acceptors (Lipinski definition) is 6. The van der Waals surface area contributed by atoms with E-state index in [9.17, 15) is 10.1 Å². The first kappa shape index (κ1) is 13.5. The van der Waals surface area contributed by atoms with E-state index in [1.54, 1.807) is 0 Å². The number of anilines is 1. The highest BCUT2D eigenvalue weighted by molar-refractivity contribution is 5.57. The first-order chi connectivity index (χ1) is 9.11. The van der Waals surface area contributed by atoms with E-state index in [4.69, 9.17) is 4.74 Å². The van der Waals surface area contributed by atoms with Crippen LogP contribution in [0.2, 0.25) is 0 Å². The van der Waals surface area contributed by atoms with Gasteiger partial charge in [-0.15, -0.1) is 0 Å². The highest BCUT2D eigenvalue weighted by Gasteiger charge is 2.25. The fraction of sp³-hybridized carbons (Fsp3) is 0.583. The molecule has 7 nitrogen and oxygen atoms in total. The van der Waals surface area contributed by atoms with Crippen molar-refractivity contribution in [1.82, 2.24) is 10.3 Å². The normalized spacial score (nSPS) is 22.8. The van der Waals surface area contributed by atoms with Crippen molar-refractivity contribution in [3.63, 3.8) is 0 Å². The van der Waals surface area contributed by atoms with Crippen molar-refractivity contribution in [2.24, 2.45) is 0 Å². The van der Waals surface area contributed by atoms with E-state index in [-0.39, 0.29) is 23.6 Å². The Bertz CT molecular complexity index is 466. The zero-order valence-corrected chi connectivity index (χ0v) is 11.0. The van der Waals surface area contributed by atoms with Gasteiger partial charge in [-0.05, 0) is 26.3 Å². The Morgan fingerprint density at radius 3 is 3.00 bits per heavy atom. The molecule has 7 heteroatoms. The number of nitrogens with zero attached hydrogens (tertiary/aromatic N) is 2. The number of nitrogens with one attached hydrogen (secondary N) is 2. The topological polar surface area (TPSA) is 89.3 Å². The molecule has 1 saturated heterocycles. The quantitative estimate of drug-likeness (QED) is 0.635. The van der Waals surface area contributed by atoms with Crippen molar-refractivity contribution in [2.75, 3.05) is 19.0 Å². The summed E-state index contributed by atoms with van der Waals surface area (Å²) in [5.41, 5.74) is -0.0291. The summed E-state index contributed by atoms with van der Waals surface area (Å²) in [6.45, 7) is 3.04. The molecule has 0 saturated carbocycles. The summed E-state index contributed by atoms with van der Waals surface area (Å²) in [4.78, 5) is 14.7. The summed E-state index contributed by atoms with van der Waals surface area (Å²) in [5.74, 6) is 0.634. The summed E-state index contributed by atoms with van der Waals surface area (Å²) in [6.07, 6.45) is 2.00. The molecule has 104 valence electrons. The van der Waals surface area contributed by atoms with E-state index in [1.807, 2.05) is 0 Å². The molecule has 1 aliphatic rings. The van der Waals surface area contributed by atoms with Crippen LogP contribution in [0.1, 0.15) is 19.8 Å². The number of methoxy groups -OCH3 is 1. The summed E-state index contributed by atoms with van der Waals surface area (Å²) in [5, 5.41) is 17.5. The van der Waals surface area contributed by atoms with Crippen LogP contribution in [-0.2, 0) is 0 Å². The maximum atomic E-state index is 11.0. The van der Waals surface area contributed by atoms with Gasteiger partial charge in [0.1, 0.15) is 0 Å². The van der Waals surface area contributed by atoms with E-state index < -0.39 is 4.92 Å². The van der Waals surface area contributed by atoms with Gasteiger partial charge in [0.2, 0.25) is 11.7 Å². The Morgan fingerprint density at radius 1 is 1.58 bits per heavy atom. The number of nitro groups is 1. The van der Waals surface area contributed by atoms with Crippen molar-refractivity contribution in [2.45, 2.75) is 31.8 Å². The Morgan fingerprint density at radius 2 is 2.37 bits per heavy atom. The molecule has 0 amide bonds. The van der Waals surface area contributed by atoms with Crippen LogP contribution in [0, 0.1) is 10.1 Å². The lowest BCUT2D eigenvalue weighted by molar-refractivity contribution is -0.384. The van der Waals surface area contributed by atoms with Gasteiger partial charge in [-0.2, -0.15) is 4.98 Å². The third-order valence-corrected chi connectivity index (χ3v) is 3.34. The second kappa shape index (κ2) is 5.83. The molecule has 19 heavy (non-hydrogen) atoms. The number of rotatable bonds is 4. The monoisotopic (exact) mass is 266 g/mol. The van der Waals surface area contributed by atoms with Gasteiger partial charge in [0.15, 0.2) is 0 Å². The minimum atomic E-state index is -0.435. The first-order valence-electron chi connectivity index (χ1n) is 6.31. The Kier molecular flexibility index (Phi) is 4.16. The lowest BCUT2D eigenvalue weighted by atomic mass is 10.00. The second-order valence-corrected chi connectivity index (χ2v) is 4.61. The van der Waals surface area contributed by atoms with Crippen LogP contribution in [0.15, 0.2) is 12.1 Å². The van der Waals surface area contributed by atoms with Crippen LogP contribution in [0.3, 0.4) is 0 Å². The predicted molar refractivity (Wildman–Crippen MR) is 71.6 cm³/mol. The summed E-state index contributed by atoms with van der Waals surface area (Å²) >= 11 is 0. The van der Waals surface area contributed by atoms with Crippen LogP contribution in [0.25, 0.3) is 0 Å². The molecule has 1 fully saturated rings. The van der Waals surface area contributed by atoms with Gasteiger partial charge in [0.05, 0.1) is 12.0 Å². The van der Waals surface area contributed by atoms with Crippen LogP contribution in [0.5, 0.6) is 5.88 Å².